The summed E-state index contributed by atoms with van der Waals surface area (Å²) in [5.74, 6) is -0.547. The van der Waals surface area contributed by atoms with E-state index in [0.29, 0.717) is 30.2 Å². The van der Waals surface area contributed by atoms with E-state index in [4.69, 9.17) is 9.47 Å². The number of fused-ring (bicyclic) bond motifs is 1. The molecular formula is C25H32FN3O4. The first-order chi connectivity index (χ1) is 15.7. The van der Waals surface area contributed by atoms with Gasteiger partial charge < -0.3 is 19.7 Å². The van der Waals surface area contributed by atoms with Gasteiger partial charge in [-0.15, -0.1) is 0 Å². The number of amides is 2. The minimum absolute atomic E-state index is 0.123. The van der Waals surface area contributed by atoms with E-state index in [1.54, 1.807) is 37.3 Å². The van der Waals surface area contributed by atoms with E-state index in [-0.39, 0.29) is 29.5 Å². The summed E-state index contributed by atoms with van der Waals surface area (Å²) >= 11 is 0. The molecule has 0 saturated carbocycles. The molecule has 1 heterocycles. The van der Waals surface area contributed by atoms with Gasteiger partial charge in [-0.3, -0.25) is 14.5 Å². The van der Waals surface area contributed by atoms with Gasteiger partial charge in [0.15, 0.2) is 0 Å². The number of nitrogens with one attached hydrogen (secondary N) is 1. The van der Waals surface area contributed by atoms with E-state index < -0.39 is 11.7 Å². The van der Waals surface area contributed by atoms with Gasteiger partial charge in [-0.2, -0.15) is 0 Å². The Morgan fingerprint density at radius 3 is 2.61 bits per heavy atom. The maximum Gasteiger partial charge on any atom is 0.257 e. The Bertz CT molecular complexity index is 999. The molecular weight excluding hydrogens is 425 g/mol. The zero-order chi connectivity index (χ0) is 24.1. The molecule has 0 aromatic heterocycles. The van der Waals surface area contributed by atoms with Crippen LogP contribution in [0.4, 0.5) is 10.1 Å². The first-order valence-corrected chi connectivity index (χ1v) is 11.0. The van der Waals surface area contributed by atoms with E-state index in [1.807, 2.05) is 7.05 Å². The molecule has 0 fully saturated rings. The zero-order valence-electron chi connectivity index (χ0n) is 19.8. The van der Waals surface area contributed by atoms with Crippen LogP contribution >= 0.6 is 0 Å². The summed E-state index contributed by atoms with van der Waals surface area (Å²) in [6, 6.07) is 10.5. The van der Waals surface area contributed by atoms with Crippen LogP contribution in [0.3, 0.4) is 0 Å². The normalized spacial score (nSPS) is 22.5. The summed E-state index contributed by atoms with van der Waals surface area (Å²) in [5.41, 5.74) is 0.950. The minimum atomic E-state index is -0.494. The number of nitrogens with zero attached hydrogens (tertiary/aromatic N) is 2. The number of methoxy groups -OCH3 is 1. The quantitative estimate of drug-likeness (QED) is 0.764. The Morgan fingerprint density at radius 2 is 1.91 bits per heavy atom. The van der Waals surface area contributed by atoms with Crippen LogP contribution in [0, 0.1) is 11.7 Å². The average Bonchev–Trinajstić information content (AvgIpc) is 2.79. The molecule has 0 unspecified atom stereocenters. The van der Waals surface area contributed by atoms with Gasteiger partial charge in [0.05, 0.1) is 11.7 Å². The zero-order valence-corrected chi connectivity index (χ0v) is 19.8. The van der Waals surface area contributed by atoms with Crippen LogP contribution in [0.15, 0.2) is 42.5 Å². The van der Waals surface area contributed by atoms with Crippen LogP contribution in [0.2, 0.25) is 0 Å². The molecule has 178 valence electrons. The Morgan fingerprint density at radius 1 is 1.15 bits per heavy atom. The van der Waals surface area contributed by atoms with Crippen molar-refractivity contribution in [2.75, 3.05) is 46.2 Å². The third-order valence-corrected chi connectivity index (χ3v) is 6.10. The van der Waals surface area contributed by atoms with Crippen LogP contribution in [-0.4, -0.2) is 74.7 Å². The molecule has 8 heteroatoms. The summed E-state index contributed by atoms with van der Waals surface area (Å²) < 4.78 is 25.2. The molecule has 3 rings (SSSR count). The largest absolute Gasteiger partial charge is 0.491 e. The Balaban J connectivity index is 1.91. The average molecular weight is 458 g/mol. The molecule has 2 amide bonds. The van der Waals surface area contributed by atoms with Gasteiger partial charge in [0.1, 0.15) is 18.2 Å². The van der Waals surface area contributed by atoms with Crippen LogP contribution in [-0.2, 0) is 4.74 Å². The maximum absolute atomic E-state index is 13.5. The standard InChI is InChI=1S/C25H32FN3O4/c1-16-13-28(3)17(2)15-33-22-10-9-20(27-24(30)18-7-6-8-19(26)11-18)12-21(22)25(31)29(4)14-23(16)32-5/h6-12,16-17,23H,13-15H2,1-5H3,(H,27,30)/t16-,17-,23-/m1/s1. The van der Waals surface area contributed by atoms with E-state index in [2.05, 4.69) is 24.1 Å². The van der Waals surface area contributed by atoms with Crippen molar-refractivity contribution in [3.63, 3.8) is 0 Å². The summed E-state index contributed by atoms with van der Waals surface area (Å²) in [6.45, 7) is 5.80. The number of likely N-dealkylation sites (N-methyl/N-ethyl adjacent to an activating group) is 2. The van der Waals surface area contributed by atoms with Crippen molar-refractivity contribution in [3.8, 4) is 5.75 Å². The second kappa shape index (κ2) is 10.8. The highest BCUT2D eigenvalue weighted by molar-refractivity contribution is 6.05. The van der Waals surface area contributed by atoms with Gasteiger partial charge in [-0.05, 0) is 56.3 Å². The molecule has 0 aliphatic carbocycles. The van der Waals surface area contributed by atoms with Crippen LogP contribution < -0.4 is 10.1 Å². The molecule has 1 aliphatic rings. The summed E-state index contributed by atoms with van der Waals surface area (Å²) in [6.07, 6.45) is -0.131. The van der Waals surface area contributed by atoms with Crippen molar-refractivity contribution in [1.29, 1.82) is 0 Å². The number of ether oxygens (including phenoxy) is 2. The van der Waals surface area contributed by atoms with Crippen molar-refractivity contribution in [2.24, 2.45) is 5.92 Å². The van der Waals surface area contributed by atoms with Crippen LogP contribution in [0.1, 0.15) is 34.6 Å². The minimum Gasteiger partial charge on any atom is -0.491 e. The summed E-state index contributed by atoms with van der Waals surface area (Å²) in [7, 11) is 5.43. The number of rotatable bonds is 3. The number of halogens is 1. The molecule has 0 saturated heterocycles. The van der Waals surface area contributed by atoms with Crippen LogP contribution in [0.5, 0.6) is 5.75 Å². The van der Waals surface area contributed by atoms with E-state index in [9.17, 15) is 14.0 Å². The third-order valence-electron chi connectivity index (χ3n) is 6.10. The van der Waals surface area contributed by atoms with Gasteiger partial charge >= 0.3 is 0 Å². The molecule has 0 bridgehead atoms. The lowest BCUT2D eigenvalue weighted by atomic mass is 10.0. The number of benzene rings is 2. The van der Waals surface area contributed by atoms with E-state index >= 15 is 0 Å². The topological polar surface area (TPSA) is 71.1 Å². The molecule has 0 spiro atoms. The fraction of sp³-hybridized carbons (Fsp3) is 0.440. The number of carbonyl (C=O) groups is 2. The molecule has 2 aromatic carbocycles. The molecule has 3 atom stereocenters. The first kappa shape index (κ1) is 24.7. The van der Waals surface area contributed by atoms with Gasteiger partial charge in [-0.1, -0.05) is 13.0 Å². The van der Waals surface area contributed by atoms with Gasteiger partial charge in [0, 0.05) is 44.5 Å². The highest BCUT2D eigenvalue weighted by atomic mass is 19.1. The first-order valence-electron chi connectivity index (χ1n) is 11.0. The van der Waals surface area contributed by atoms with Gasteiger partial charge in [0.2, 0.25) is 0 Å². The maximum atomic E-state index is 13.5. The smallest absolute Gasteiger partial charge is 0.257 e. The molecule has 7 nitrogen and oxygen atoms in total. The highest BCUT2D eigenvalue weighted by Gasteiger charge is 2.27. The van der Waals surface area contributed by atoms with Crippen molar-refractivity contribution in [1.82, 2.24) is 9.80 Å². The second-order valence-electron chi connectivity index (χ2n) is 8.71. The van der Waals surface area contributed by atoms with Crippen molar-refractivity contribution in [3.05, 3.63) is 59.4 Å². The van der Waals surface area contributed by atoms with Crippen molar-refractivity contribution in [2.45, 2.75) is 26.0 Å². The fourth-order valence-corrected chi connectivity index (χ4v) is 3.87. The van der Waals surface area contributed by atoms with E-state index in [0.717, 1.165) is 12.6 Å². The summed E-state index contributed by atoms with van der Waals surface area (Å²) in [5, 5.41) is 2.74. The Labute approximate surface area is 194 Å². The molecule has 2 aromatic rings. The third kappa shape index (κ3) is 6.09. The molecule has 33 heavy (non-hydrogen) atoms. The Hall–Kier alpha value is -2.97. The SMILES string of the molecule is CO[C@@H]1CN(C)C(=O)c2cc(NC(=O)c3cccc(F)c3)ccc2OC[C@@H](C)N(C)C[C@H]1C. The predicted molar refractivity (Wildman–Crippen MR) is 125 cm³/mol. The van der Waals surface area contributed by atoms with Crippen molar-refractivity contribution < 1.29 is 23.5 Å². The number of hydrogen-bond acceptors (Lipinski definition) is 5. The van der Waals surface area contributed by atoms with Crippen molar-refractivity contribution >= 4 is 17.5 Å². The number of carbonyl (C=O) groups excluding carboxylic acids is 2. The van der Waals surface area contributed by atoms with E-state index in [1.165, 1.54) is 18.2 Å². The molecule has 1 aliphatic heterocycles. The Kier molecular flexibility index (Phi) is 8.05. The monoisotopic (exact) mass is 457 g/mol. The second-order valence-corrected chi connectivity index (χ2v) is 8.71. The lowest BCUT2D eigenvalue weighted by molar-refractivity contribution is 0.0150. The highest BCUT2D eigenvalue weighted by Crippen LogP contribution is 2.26. The number of hydrogen-bond donors (Lipinski definition) is 1. The van der Waals surface area contributed by atoms with Gasteiger partial charge in [-0.25, -0.2) is 4.39 Å². The fourth-order valence-electron chi connectivity index (χ4n) is 3.87. The van der Waals surface area contributed by atoms with Gasteiger partial charge in [0.25, 0.3) is 11.8 Å². The summed E-state index contributed by atoms with van der Waals surface area (Å²) in [4.78, 5) is 29.7. The number of anilines is 1. The predicted octanol–water partition coefficient (Wildman–Crippen LogP) is 3.51. The lowest BCUT2D eigenvalue weighted by Crippen LogP contribution is -2.45. The van der Waals surface area contributed by atoms with Crippen LogP contribution in [0.25, 0.3) is 0 Å². The molecule has 1 N–H and O–H groups in total. The lowest BCUT2D eigenvalue weighted by Gasteiger charge is -2.34. The molecule has 0 radical (unpaired) electrons.